The summed E-state index contributed by atoms with van der Waals surface area (Å²) in [5.74, 6) is -0.368. The number of alkyl halides is 3. The molecule has 5 rings (SSSR count). The highest BCUT2D eigenvalue weighted by molar-refractivity contribution is 8.18. The average Bonchev–Trinajstić information content (AvgIpc) is 3.51. The predicted molar refractivity (Wildman–Crippen MR) is 135 cm³/mol. The Morgan fingerprint density at radius 1 is 1.16 bits per heavy atom. The molecule has 2 fully saturated rings. The number of thioether (sulfide) groups is 1. The van der Waals surface area contributed by atoms with Gasteiger partial charge in [-0.1, -0.05) is 23.7 Å². The average molecular weight is 551 g/mol. The number of fused-ring (bicyclic) bond motifs is 1. The number of carbonyl (C=O) groups is 2. The van der Waals surface area contributed by atoms with Crippen LogP contribution in [0, 0.1) is 0 Å². The molecule has 37 heavy (non-hydrogen) atoms. The number of halogens is 4. The van der Waals surface area contributed by atoms with Crippen LogP contribution < -0.4 is 0 Å². The first-order valence-electron chi connectivity index (χ1n) is 11.6. The highest BCUT2D eigenvalue weighted by Crippen LogP contribution is 2.35. The fourth-order valence-electron chi connectivity index (χ4n) is 4.53. The summed E-state index contributed by atoms with van der Waals surface area (Å²) in [6.45, 7) is 1.94. The van der Waals surface area contributed by atoms with Gasteiger partial charge in [0.05, 0.1) is 34.8 Å². The topological polar surface area (TPSA) is 78.7 Å². The van der Waals surface area contributed by atoms with Crippen LogP contribution in [0.3, 0.4) is 0 Å². The number of aromatic nitrogens is 2. The molecule has 2 saturated heterocycles. The van der Waals surface area contributed by atoms with Crippen LogP contribution in [-0.4, -0.2) is 68.1 Å². The van der Waals surface area contributed by atoms with E-state index in [4.69, 9.17) is 11.6 Å². The molecule has 2 aliphatic heterocycles. The van der Waals surface area contributed by atoms with Crippen molar-refractivity contribution in [3.8, 4) is 0 Å². The fourth-order valence-corrected chi connectivity index (χ4v) is 5.57. The highest BCUT2D eigenvalue weighted by Gasteiger charge is 2.36. The SMILES string of the molecule is O=C1SC(=Cc2ccc3c(cnn3Cc3ccc(Cl)cc3C(F)(F)F)c2)C(=O)N1CCN1CCC(O)C1. The van der Waals surface area contributed by atoms with E-state index < -0.39 is 11.7 Å². The monoisotopic (exact) mass is 550 g/mol. The number of benzene rings is 2. The van der Waals surface area contributed by atoms with E-state index in [1.54, 1.807) is 30.5 Å². The maximum absolute atomic E-state index is 13.5. The lowest BCUT2D eigenvalue weighted by molar-refractivity contribution is -0.138. The Hall–Kier alpha value is -2.86. The number of rotatable bonds is 6. The van der Waals surface area contributed by atoms with Crippen molar-refractivity contribution in [1.82, 2.24) is 19.6 Å². The third-order valence-electron chi connectivity index (χ3n) is 6.42. The van der Waals surface area contributed by atoms with Gasteiger partial charge in [0.15, 0.2) is 0 Å². The van der Waals surface area contributed by atoms with Gasteiger partial charge in [-0.25, -0.2) is 0 Å². The molecular weight excluding hydrogens is 529 g/mol. The highest BCUT2D eigenvalue weighted by atomic mass is 35.5. The minimum atomic E-state index is -4.55. The van der Waals surface area contributed by atoms with Gasteiger partial charge in [-0.15, -0.1) is 0 Å². The number of aliphatic hydroxyl groups is 1. The van der Waals surface area contributed by atoms with Gasteiger partial charge in [-0.05, 0) is 59.7 Å². The summed E-state index contributed by atoms with van der Waals surface area (Å²) in [6, 6.07) is 8.88. The Bertz CT molecular complexity index is 1410. The number of amides is 2. The molecule has 1 N–H and O–H groups in total. The van der Waals surface area contributed by atoms with Crippen molar-refractivity contribution in [1.29, 1.82) is 0 Å². The summed E-state index contributed by atoms with van der Waals surface area (Å²) < 4.78 is 41.9. The molecule has 1 aromatic heterocycles. The lowest BCUT2D eigenvalue weighted by atomic mass is 10.1. The van der Waals surface area contributed by atoms with Gasteiger partial charge < -0.3 is 5.11 Å². The van der Waals surface area contributed by atoms with Crippen LogP contribution >= 0.6 is 23.4 Å². The molecule has 0 aliphatic carbocycles. The third-order valence-corrected chi connectivity index (χ3v) is 7.56. The first kappa shape index (κ1) is 25.8. The van der Waals surface area contributed by atoms with Gasteiger partial charge >= 0.3 is 6.18 Å². The second kappa shape index (κ2) is 10.1. The third kappa shape index (κ3) is 5.54. The maximum atomic E-state index is 13.5. The van der Waals surface area contributed by atoms with Crippen LogP contribution in [0.25, 0.3) is 17.0 Å². The summed E-state index contributed by atoms with van der Waals surface area (Å²) >= 11 is 6.65. The number of hydrogen-bond donors (Lipinski definition) is 1. The van der Waals surface area contributed by atoms with Crippen molar-refractivity contribution >= 4 is 51.5 Å². The van der Waals surface area contributed by atoms with E-state index in [1.807, 2.05) is 4.90 Å². The minimum absolute atomic E-state index is 0.00491. The molecule has 7 nitrogen and oxygen atoms in total. The van der Waals surface area contributed by atoms with Crippen LogP contribution in [0.1, 0.15) is 23.1 Å². The van der Waals surface area contributed by atoms with Gasteiger partial charge in [0.25, 0.3) is 11.1 Å². The van der Waals surface area contributed by atoms with E-state index in [2.05, 4.69) is 5.10 Å². The van der Waals surface area contributed by atoms with Crippen LogP contribution in [-0.2, 0) is 17.5 Å². The lowest BCUT2D eigenvalue weighted by Gasteiger charge is -2.18. The molecule has 3 heterocycles. The Labute approximate surface area is 219 Å². The van der Waals surface area contributed by atoms with Crippen molar-refractivity contribution in [2.75, 3.05) is 26.2 Å². The van der Waals surface area contributed by atoms with Gasteiger partial charge in [0.1, 0.15) is 0 Å². The smallest absolute Gasteiger partial charge is 0.392 e. The van der Waals surface area contributed by atoms with Gasteiger partial charge in [0, 0.05) is 36.6 Å². The summed E-state index contributed by atoms with van der Waals surface area (Å²) in [6.07, 6.45) is -1.06. The van der Waals surface area contributed by atoms with Crippen molar-refractivity contribution in [3.05, 3.63) is 69.2 Å². The number of aliphatic hydroxyl groups excluding tert-OH is 1. The Morgan fingerprint density at radius 3 is 2.70 bits per heavy atom. The maximum Gasteiger partial charge on any atom is 0.416 e. The Kier molecular flexibility index (Phi) is 7.06. The van der Waals surface area contributed by atoms with E-state index in [1.165, 1.54) is 21.7 Å². The van der Waals surface area contributed by atoms with E-state index >= 15 is 0 Å². The van der Waals surface area contributed by atoms with Crippen LogP contribution in [0.5, 0.6) is 0 Å². The zero-order valence-electron chi connectivity index (χ0n) is 19.4. The molecule has 12 heteroatoms. The van der Waals surface area contributed by atoms with E-state index in [0.717, 1.165) is 24.4 Å². The molecule has 0 bridgehead atoms. The normalized spacial score (nSPS) is 20.2. The summed E-state index contributed by atoms with van der Waals surface area (Å²) in [4.78, 5) is 28.8. The minimum Gasteiger partial charge on any atom is -0.392 e. The molecule has 1 unspecified atom stereocenters. The largest absolute Gasteiger partial charge is 0.416 e. The van der Waals surface area contributed by atoms with E-state index in [0.29, 0.717) is 40.9 Å². The lowest BCUT2D eigenvalue weighted by Crippen LogP contribution is -2.36. The molecule has 0 spiro atoms. The number of β-amino-alcohol motifs (C(OH)–C–C–N with tert-alkyl or cyclic N) is 1. The number of imide groups is 1. The number of carbonyl (C=O) groups excluding carboxylic acids is 2. The molecule has 2 amide bonds. The molecule has 2 aliphatic rings. The van der Waals surface area contributed by atoms with Crippen molar-refractivity contribution in [2.45, 2.75) is 25.2 Å². The van der Waals surface area contributed by atoms with Gasteiger partial charge in [-0.2, -0.15) is 18.3 Å². The zero-order chi connectivity index (χ0) is 26.3. The quantitative estimate of drug-likeness (QED) is 0.442. The van der Waals surface area contributed by atoms with E-state index in [-0.39, 0.29) is 40.9 Å². The number of hydrogen-bond acceptors (Lipinski definition) is 6. The second-order valence-electron chi connectivity index (χ2n) is 9.00. The molecule has 0 radical (unpaired) electrons. The molecule has 1 atom stereocenters. The predicted octanol–water partition coefficient (Wildman–Crippen LogP) is 4.86. The van der Waals surface area contributed by atoms with Crippen LogP contribution in [0.2, 0.25) is 5.02 Å². The first-order chi connectivity index (χ1) is 17.6. The van der Waals surface area contributed by atoms with Crippen LogP contribution in [0.4, 0.5) is 18.0 Å². The molecule has 0 saturated carbocycles. The van der Waals surface area contributed by atoms with Crippen molar-refractivity contribution < 1.29 is 27.9 Å². The standard InChI is InChI=1S/C25H22ClF3N4O3S/c26-18-3-2-16(20(11-18)25(27,28)29)13-33-21-4-1-15(9-17(21)12-30-33)10-22-23(35)32(24(36)37-22)8-7-31-6-5-19(34)14-31/h1-4,9-12,19,34H,5-8,13-14H2. The van der Waals surface area contributed by atoms with Crippen molar-refractivity contribution in [2.24, 2.45) is 0 Å². The summed E-state index contributed by atoms with van der Waals surface area (Å²) in [5.41, 5.74) is 0.531. The van der Waals surface area contributed by atoms with Gasteiger partial charge in [-0.3, -0.25) is 24.1 Å². The molecular formula is C25H22ClF3N4O3S. The van der Waals surface area contributed by atoms with Crippen molar-refractivity contribution in [3.63, 3.8) is 0 Å². The zero-order valence-corrected chi connectivity index (χ0v) is 21.0. The fraction of sp³-hybridized carbons (Fsp3) is 0.320. The van der Waals surface area contributed by atoms with E-state index in [9.17, 15) is 27.9 Å². The second-order valence-corrected chi connectivity index (χ2v) is 10.4. The van der Waals surface area contributed by atoms with Gasteiger partial charge in [0.2, 0.25) is 0 Å². The summed E-state index contributed by atoms with van der Waals surface area (Å²) in [5, 5.41) is 14.3. The first-order valence-corrected chi connectivity index (χ1v) is 12.7. The number of nitrogens with zero attached hydrogens (tertiary/aromatic N) is 4. The number of likely N-dealkylation sites (tertiary alicyclic amines) is 1. The van der Waals surface area contributed by atoms with Crippen LogP contribution in [0.15, 0.2) is 47.5 Å². The molecule has 3 aromatic rings. The summed E-state index contributed by atoms with van der Waals surface area (Å²) in [7, 11) is 0. The Balaban J connectivity index is 1.32. The molecule has 194 valence electrons. The Morgan fingerprint density at radius 2 is 1.97 bits per heavy atom. The molecule has 2 aromatic carbocycles.